The number of anilines is 2. The first-order valence-electron chi connectivity index (χ1n) is 10.0. The lowest BCUT2D eigenvalue weighted by molar-refractivity contribution is 0.157. The molecule has 0 aliphatic carbocycles. The number of thiazole rings is 1. The third kappa shape index (κ3) is 4.59. The van der Waals surface area contributed by atoms with E-state index in [9.17, 15) is 0 Å². The number of nitrogens with one attached hydrogen (secondary N) is 1. The Balaban J connectivity index is 1.55. The summed E-state index contributed by atoms with van der Waals surface area (Å²) in [5, 5.41) is 5.02. The van der Waals surface area contributed by atoms with Crippen LogP contribution in [0.5, 0.6) is 11.5 Å². The van der Waals surface area contributed by atoms with Crippen molar-refractivity contribution in [2.45, 2.75) is 26.2 Å². The Hall–Kier alpha value is -2.45. The van der Waals surface area contributed by atoms with Gasteiger partial charge in [0.2, 0.25) is 0 Å². The summed E-state index contributed by atoms with van der Waals surface area (Å²) in [7, 11) is 3.83. The van der Waals surface area contributed by atoms with Crippen molar-refractivity contribution in [1.29, 1.82) is 0 Å². The van der Waals surface area contributed by atoms with Crippen molar-refractivity contribution in [1.82, 2.24) is 19.9 Å². The number of hydrogen-bond acceptors (Lipinski definition) is 8. The van der Waals surface area contributed by atoms with Crippen molar-refractivity contribution in [2.75, 3.05) is 39.2 Å². The van der Waals surface area contributed by atoms with Crippen LogP contribution in [-0.2, 0) is 6.42 Å². The van der Waals surface area contributed by atoms with Crippen molar-refractivity contribution < 1.29 is 9.47 Å². The highest BCUT2D eigenvalue weighted by atomic mass is 32.1. The zero-order chi connectivity index (χ0) is 20.2. The van der Waals surface area contributed by atoms with Gasteiger partial charge in [-0.05, 0) is 51.4 Å². The number of piperidine rings is 1. The second-order valence-corrected chi connectivity index (χ2v) is 8.53. The number of nitrogens with zero attached hydrogens (tertiary/aromatic N) is 4. The topological polar surface area (TPSA) is 72.4 Å². The number of fused-ring (bicyclic) bond motifs is 1. The highest BCUT2D eigenvalue weighted by Gasteiger charge is 2.19. The molecule has 0 saturated carbocycles. The van der Waals surface area contributed by atoms with Crippen LogP contribution >= 0.6 is 11.3 Å². The second-order valence-electron chi connectivity index (χ2n) is 7.41. The molecule has 0 spiro atoms. The summed E-state index contributed by atoms with van der Waals surface area (Å²) in [6.45, 7) is 5.07. The lowest BCUT2D eigenvalue weighted by Crippen LogP contribution is -2.32. The average Bonchev–Trinajstić information content (AvgIpc) is 3.20. The molecule has 0 amide bonds. The second kappa shape index (κ2) is 8.92. The van der Waals surface area contributed by atoms with Gasteiger partial charge >= 0.3 is 0 Å². The Morgan fingerprint density at radius 3 is 2.72 bits per heavy atom. The number of aryl methyl sites for hydroxylation is 1. The molecule has 1 aromatic carbocycles. The van der Waals surface area contributed by atoms with E-state index in [0.717, 1.165) is 54.1 Å². The van der Waals surface area contributed by atoms with Gasteiger partial charge in [-0.3, -0.25) is 0 Å². The maximum Gasteiger partial charge on any atom is 0.188 e. The number of hydrogen-bond donors (Lipinski definition) is 1. The SMILES string of the molecule is CCc1cnc(Nc2ncnc3cc(OCC4CCN(C)CC4)c(OC)cc23)s1. The van der Waals surface area contributed by atoms with Crippen LogP contribution in [-0.4, -0.2) is 53.7 Å². The number of methoxy groups -OCH3 is 1. The fraction of sp³-hybridized carbons (Fsp3) is 0.476. The number of rotatable bonds is 7. The summed E-state index contributed by atoms with van der Waals surface area (Å²) < 4.78 is 11.8. The predicted molar refractivity (Wildman–Crippen MR) is 117 cm³/mol. The zero-order valence-corrected chi connectivity index (χ0v) is 18.0. The van der Waals surface area contributed by atoms with E-state index >= 15 is 0 Å². The van der Waals surface area contributed by atoms with E-state index in [4.69, 9.17) is 9.47 Å². The van der Waals surface area contributed by atoms with Crippen LogP contribution in [0.2, 0.25) is 0 Å². The lowest BCUT2D eigenvalue weighted by atomic mass is 9.98. The van der Waals surface area contributed by atoms with Crippen molar-refractivity contribution in [3.8, 4) is 11.5 Å². The molecule has 154 valence electrons. The highest BCUT2D eigenvalue weighted by molar-refractivity contribution is 7.15. The molecule has 1 saturated heterocycles. The van der Waals surface area contributed by atoms with Crippen molar-refractivity contribution in [2.24, 2.45) is 5.92 Å². The Morgan fingerprint density at radius 2 is 2.00 bits per heavy atom. The lowest BCUT2D eigenvalue weighted by Gasteiger charge is -2.28. The van der Waals surface area contributed by atoms with Gasteiger partial charge in [-0.25, -0.2) is 15.0 Å². The van der Waals surface area contributed by atoms with E-state index in [0.29, 0.717) is 24.1 Å². The van der Waals surface area contributed by atoms with Crippen molar-refractivity contribution in [3.63, 3.8) is 0 Å². The first-order valence-corrected chi connectivity index (χ1v) is 10.8. The van der Waals surface area contributed by atoms with Gasteiger partial charge in [0.05, 0.1) is 19.2 Å². The van der Waals surface area contributed by atoms with Crippen LogP contribution in [0.4, 0.5) is 10.9 Å². The Labute approximate surface area is 175 Å². The summed E-state index contributed by atoms with van der Waals surface area (Å²) in [4.78, 5) is 16.9. The maximum atomic E-state index is 6.15. The normalized spacial score (nSPS) is 15.6. The minimum Gasteiger partial charge on any atom is -0.493 e. The molecule has 0 bridgehead atoms. The molecule has 1 aliphatic rings. The molecule has 29 heavy (non-hydrogen) atoms. The molecule has 8 heteroatoms. The molecule has 3 heterocycles. The van der Waals surface area contributed by atoms with Crippen LogP contribution in [0.1, 0.15) is 24.6 Å². The van der Waals surface area contributed by atoms with E-state index in [-0.39, 0.29) is 0 Å². The van der Waals surface area contributed by atoms with E-state index in [1.807, 2.05) is 18.3 Å². The molecule has 0 unspecified atom stereocenters. The summed E-state index contributed by atoms with van der Waals surface area (Å²) in [5.74, 6) is 2.71. The largest absolute Gasteiger partial charge is 0.493 e. The first-order chi connectivity index (χ1) is 14.2. The van der Waals surface area contributed by atoms with E-state index in [2.05, 4.69) is 39.1 Å². The smallest absolute Gasteiger partial charge is 0.188 e. The molecule has 2 aromatic heterocycles. The minimum atomic E-state index is 0.576. The fourth-order valence-electron chi connectivity index (χ4n) is 3.50. The van der Waals surface area contributed by atoms with Gasteiger partial charge in [-0.15, -0.1) is 11.3 Å². The van der Waals surface area contributed by atoms with Gasteiger partial charge in [0.25, 0.3) is 0 Å². The van der Waals surface area contributed by atoms with Gasteiger partial charge in [-0.2, -0.15) is 0 Å². The molecular formula is C21H27N5O2S. The minimum absolute atomic E-state index is 0.576. The molecule has 1 aliphatic heterocycles. The zero-order valence-electron chi connectivity index (χ0n) is 17.1. The van der Waals surface area contributed by atoms with Crippen molar-refractivity contribution in [3.05, 3.63) is 29.5 Å². The van der Waals surface area contributed by atoms with Crippen LogP contribution < -0.4 is 14.8 Å². The summed E-state index contributed by atoms with van der Waals surface area (Å²) in [6, 6.07) is 3.88. The van der Waals surface area contributed by atoms with Crippen LogP contribution in [0.3, 0.4) is 0 Å². The van der Waals surface area contributed by atoms with E-state index in [1.54, 1.807) is 24.8 Å². The number of ether oxygens (including phenoxy) is 2. The van der Waals surface area contributed by atoms with Gasteiger partial charge in [0.15, 0.2) is 16.6 Å². The molecule has 1 N–H and O–H groups in total. The third-order valence-corrected chi connectivity index (χ3v) is 6.42. The molecule has 3 aromatic rings. The van der Waals surface area contributed by atoms with E-state index in [1.165, 1.54) is 4.88 Å². The Morgan fingerprint density at radius 1 is 1.17 bits per heavy atom. The van der Waals surface area contributed by atoms with Gasteiger partial charge in [0.1, 0.15) is 12.1 Å². The monoisotopic (exact) mass is 413 g/mol. The number of likely N-dealkylation sites (tertiary alicyclic amines) is 1. The predicted octanol–water partition coefficient (Wildman–Crippen LogP) is 4.12. The fourth-order valence-corrected chi connectivity index (χ4v) is 4.25. The van der Waals surface area contributed by atoms with E-state index < -0.39 is 0 Å². The maximum absolute atomic E-state index is 6.15. The molecule has 4 rings (SSSR count). The molecule has 7 nitrogen and oxygen atoms in total. The molecular weight excluding hydrogens is 386 g/mol. The first kappa shape index (κ1) is 19.8. The number of aromatic nitrogens is 3. The van der Waals surface area contributed by atoms with Crippen LogP contribution in [0, 0.1) is 5.92 Å². The molecule has 0 radical (unpaired) electrons. The number of benzene rings is 1. The quantitative estimate of drug-likeness (QED) is 0.624. The Bertz CT molecular complexity index is 969. The van der Waals surface area contributed by atoms with Crippen LogP contribution in [0.25, 0.3) is 10.9 Å². The highest BCUT2D eigenvalue weighted by Crippen LogP contribution is 2.35. The van der Waals surface area contributed by atoms with Gasteiger partial charge in [-0.1, -0.05) is 6.92 Å². The summed E-state index contributed by atoms with van der Waals surface area (Å²) >= 11 is 1.63. The standard InChI is InChI=1S/C21H27N5O2S/c1-4-15-11-22-21(29-15)25-20-16-9-18(27-3)19(10-17(16)23-13-24-20)28-12-14-5-7-26(2)8-6-14/h9-11,13-14H,4-8,12H2,1-3H3,(H,22,23,24,25). The van der Waals surface area contributed by atoms with Crippen molar-refractivity contribution >= 4 is 33.2 Å². The summed E-state index contributed by atoms with van der Waals surface area (Å²) in [6.07, 6.45) is 6.75. The Kier molecular flexibility index (Phi) is 6.10. The van der Waals surface area contributed by atoms with Gasteiger partial charge < -0.3 is 19.7 Å². The molecule has 0 atom stereocenters. The third-order valence-electron chi connectivity index (χ3n) is 5.36. The van der Waals surface area contributed by atoms with Crippen LogP contribution in [0.15, 0.2) is 24.7 Å². The summed E-state index contributed by atoms with van der Waals surface area (Å²) in [5.41, 5.74) is 0.814. The van der Waals surface area contributed by atoms with Gasteiger partial charge in [0, 0.05) is 22.5 Å². The average molecular weight is 414 g/mol. The molecule has 1 fully saturated rings.